The summed E-state index contributed by atoms with van der Waals surface area (Å²) in [6.45, 7) is 6.53. The third-order valence-corrected chi connectivity index (χ3v) is 6.63. The monoisotopic (exact) mass is 490 g/mol. The smallest absolute Gasteiger partial charge is 0.250 e. The number of phenols is 1. The van der Waals surface area contributed by atoms with Crippen molar-refractivity contribution < 1.29 is 9.90 Å². The van der Waals surface area contributed by atoms with Gasteiger partial charge in [0.05, 0.1) is 17.0 Å². The fraction of sp³-hybridized carbons (Fsp3) is 0.286. The van der Waals surface area contributed by atoms with E-state index in [2.05, 4.69) is 11.1 Å². The predicted molar refractivity (Wildman–Crippen MR) is 144 cm³/mol. The van der Waals surface area contributed by atoms with Gasteiger partial charge in [-0.2, -0.15) is 0 Å². The molecule has 0 saturated carbocycles. The molecule has 2 atom stereocenters. The van der Waals surface area contributed by atoms with E-state index in [9.17, 15) is 9.90 Å². The average molecular weight is 491 g/mol. The van der Waals surface area contributed by atoms with Crippen LogP contribution in [0.2, 0.25) is 5.02 Å². The molecule has 3 aromatic rings. The number of benzene rings is 3. The lowest BCUT2D eigenvalue weighted by Gasteiger charge is -2.36. The predicted octanol–water partition coefficient (Wildman–Crippen LogP) is 5.75. The van der Waals surface area contributed by atoms with Gasteiger partial charge in [0, 0.05) is 36.4 Å². The number of phenolic OH excluding ortho intramolecular Hbond substituents is 1. The van der Waals surface area contributed by atoms with Gasteiger partial charge in [-0.1, -0.05) is 36.7 Å². The summed E-state index contributed by atoms with van der Waals surface area (Å²) in [7, 11) is 1.79. The molecular formula is C28H31ClN4O2. The van der Waals surface area contributed by atoms with Gasteiger partial charge in [-0.05, 0) is 73.4 Å². The Bertz CT molecular complexity index is 1270. The number of amides is 1. The van der Waals surface area contributed by atoms with Crippen LogP contribution in [0.4, 0.5) is 11.4 Å². The molecule has 0 fully saturated rings. The van der Waals surface area contributed by atoms with Crippen molar-refractivity contribution in [2.45, 2.75) is 39.3 Å². The topological polar surface area (TPSA) is 82.2 Å². The first-order chi connectivity index (χ1) is 16.7. The largest absolute Gasteiger partial charge is 0.508 e. The number of carbonyl (C=O) groups excluding carboxylic acids is 1. The Morgan fingerprint density at radius 1 is 1.17 bits per heavy atom. The lowest BCUT2D eigenvalue weighted by molar-refractivity contribution is -0.131. The number of anilines is 1. The minimum atomic E-state index is -0.647. The van der Waals surface area contributed by atoms with E-state index in [4.69, 9.17) is 17.3 Å². The molecule has 7 heteroatoms. The zero-order valence-corrected chi connectivity index (χ0v) is 21.3. The zero-order valence-electron chi connectivity index (χ0n) is 20.5. The molecule has 1 unspecified atom stereocenters. The van der Waals surface area contributed by atoms with Crippen molar-refractivity contribution in [2.75, 3.05) is 18.5 Å². The second-order valence-corrected chi connectivity index (χ2v) is 9.64. The van der Waals surface area contributed by atoms with Gasteiger partial charge in [-0.15, -0.1) is 0 Å². The number of nitrogens with two attached hydrogens (primary N) is 1. The van der Waals surface area contributed by atoms with Gasteiger partial charge in [0.2, 0.25) is 5.91 Å². The first-order valence-electron chi connectivity index (χ1n) is 11.7. The van der Waals surface area contributed by atoms with Crippen LogP contribution in [-0.2, 0) is 4.79 Å². The molecule has 0 saturated heterocycles. The molecule has 4 rings (SSSR count). The van der Waals surface area contributed by atoms with E-state index in [0.29, 0.717) is 17.3 Å². The summed E-state index contributed by atoms with van der Waals surface area (Å²) in [5.41, 5.74) is 12.1. The van der Waals surface area contributed by atoms with E-state index in [1.54, 1.807) is 42.6 Å². The summed E-state index contributed by atoms with van der Waals surface area (Å²) >= 11 is 6.64. The van der Waals surface area contributed by atoms with Crippen molar-refractivity contribution in [3.63, 3.8) is 0 Å². The third-order valence-electron chi connectivity index (χ3n) is 6.31. The lowest BCUT2D eigenvalue weighted by Crippen LogP contribution is -2.46. The van der Waals surface area contributed by atoms with Crippen molar-refractivity contribution in [1.82, 2.24) is 4.90 Å². The SMILES string of the molecule is CC[C@H](N)CN(C)C(=O)C1c2cc(-c3cccc(O)c3)c(Cl)cc2N=CN1c1cc(C)cc(C)c1. The van der Waals surface area contributed by atoms with Crippen molar-refractivity contribution in [3.8, 4) is 16.9 Å². The quantitative estimate of drug-likeness (QED) is 0.461. The fourth-order valence-electron chi connectivity index (χ4n) is 4.49. The number of hydrogen-bond acceptors (Lipinski definition) is 5. The van der Waals surface area contributed by atoms with Gasteiger partial charge in [0.1, 0.15) is 11.8 Å². The molecule has 0 spiro atoms. The van der Waals surface area contributed by atoms with Gasteiger partial charge in [0.25, 0.3) is 0 Å². The second-order valence-electron chi connectivity index (χ2n) is 9.23. The molecule has 0 aromatic heterocycles. The molecule has 1 amide bonds. The first-order valence-corrected chi connectivity index (χ1v) is 12.1. The summed E-state index contributed by atoms with van der Waals surface area (Å²) in [6, 6.07) is 16.1. The average Bonchev–Trinajstić information content (AvgIpc) is 2.81. The number of hydrogen-bond donors (Lipinski definition) is 2. The Labute approximate surface area is 211 Å². The highest BCUT2D eigenvalue weighted by Gasteiger charge is 2.35. The molecule has 0 radical (unpaired) electrons. The van der Waals surface area contributed by atoms with Crippen molar-refractivity contribution >= 4 is 35.2 Å². The van der Waals surface area contributed by atoms with Crippen molar-refractivity contribution in [3.05, 3.63) is 76.3 Å². The second kappa shape index (κ2) is 10.1. The Morgan fingerprint density at radius 3 is 2.54 bits per heavy atom. The minimum absolute atomic E-state index is 0.0790. The molecule has 3 N–H and O–H groups in total. The number of halogens is 1. The molecule has 3 aromatic carbocycles. The Kier molecular flexibility index (Phi) is 7.15. The third kappa shape index (κ3) is 5.19. The number of aliphatic imine (C=N–C) groups is 1. The van der Waals surface area contributed by atoms with Crippen LogP contribution >= 0.6 is 11.6 Å². The van der Waals surface area contributed by atoms with Crippen LogP contribution in [0.1, 0.15) is 36.1 Å². The number of likely N-dealkylation sites (N-methyl/N-ethyl adjacent to an activating group) is 1. The van der Waals surface area contributed by atoms with E-state index in [0.717, 1.165) is 39.9 Å². The highest BCUT2D eigenvalue weighted by molar-refractivity contribution is 6.33. The van der Waals surface area contributed by atoms with Crippen LogP contribution in [0.15, 0.2) is 59.6 Å². The summed E-state index contributed by atoms with van der Waals surface area (Å²) in [4.78, 5) is 22.2. The number of aromatic hydroxyl groups is 1. The van der Waals surface area contributed by atoms with Crippen LogP contribution in [0.3, 0.4) is 0 Å². The summed E-state index contributed by atoms with van der Waals surface area (Å²) in [5, 5.41) is 10.5. The van der Waals surface area contributed by atoms with Crippen LogP contribution in [0, 0.1) is 13.8 Å². The standard InChI is InChI=1S/C28H31ClN4O2/c1-5-20(30)15-32(4)28(35)27-24-13-23(19-7-6-8-22(34)12-19)25(29)14-26(24)31-16-33(27)21-10-17(2)9-18(3)11-21/h6-14,16,20,27,34H,5,15,30H2,1-4H3/t20-,27?/m0/s1. The zero-order chi connectivity index (χ0) is 25.3. The van der Waals surface area contributed by atoms with Crippen molar-refractivity contribution in [1.29, 1.82) is 0 Å². The van der Waals surface area contributed by atoms with E-state index in [-0.39, 0.29) is 17.7 Å². The number of carbonyl (C=O) groups is 1. The maximum atomic E-state index is 13.9. The van der Waals surface area contributed by atoms with E-state index in [1.165, 1.54) is 0 Å². The number of nitrogens with zero attached hydrogens (tertiary/aromatic N) is 3. The van der Waals surface area contributed by atoms with Gasteiger partial charge < -0.3 is 20.6 Å². The highest BCUT2D eigenvalue weighted by Crippen LogP contribution is 2.43. The molecule has 1 aliphatic rings. The van der Waals surface area contributed by atoms with E-state index >= 15 is 0 Å². The maximum absolute atomic E-state index is 13.9. The van der Waals surface area contributed by atoms with E-state index < -0.39 is 6.04 Å². The summed E-state index contributed by atoms with van der Waals surface area (Å²) in [5.74, 6) is 0.0664. The van der Waals surface area contributed by atoms with Gasteiger partial charge in [0.15, 0.2) is 0 Å². The molecule has 1 aliphatic heterocycles. The molecule has 0 bridgehead atoms. The number of fused-ring (bicyclic) bond motifs is 1. The van der Waals surface area contributed by atoms with Gasteiger partial charge in [-0.25, -0.2) is 4.99 Å². The molecule has 0 aliphatic carbocycles. The van der Waals surface area contributed by atoms with Crippen LogP contribution < -0.4 is 10.6 Å². The van der Waals surface area contributed by atoms with Crippen LogP contribution in [-0.4, -0.2) is 41.9 Å². The highest BCUT2D eigenvalue weighted by atomic mass is 35.5. The molecule has 1 heterocycles. The van der Waals surface area contributed by atoms with E-state index in [1.807, 2.05) is 49.9 Å². The maximum Gasteiger partial charge on any atom is 0.250 e. The summed E-state index contributed by atoms with van der Waals surface area (Å²) in [6.07, 6.45) is 2.48. The fourth-order valence-corrected chi connectivity index (χ4v) is 4.76. The molecule has 182 valence electrons. The molecular weight excluding hydrogens is 460 g/mol. The molecule has 35 heavy (non-hydrogen) atoms. The van der Waals surface area contributed by atoms with Crippen molar-refractivity contribution in [2.24, 2.45) is 10.7 Å². The lowest BCUT2D eigenvalue weighted by atomic mass is 9.94. The Hall–Kier alpha value is -3.35. The van der Waals surface area contributed by atoms with Gasteiger partial charge in [-0.3, -0.25) is 4.79 Å². The minimum Gasteiger partial charge on any atom is -0.508 e. The van der Waals surface area contributed by atoms with Crippen LogP contribution in [0.25, 0.3) is 11.1 Å². The Morgan fingerprint density at radius 2 is 1.89 bits per heavy atom. The summed E-state index contributed by atoms with van der Waals surface area (Å²) < 4.78 is 0. The number of aryl methyl sites for hydroxylation is 2. The molecule has 6 nitrogen and oxygen atoms in total. The Balaban J connectivity index is 1.87. The number of rotatable bonds is 6. The van der Waals surface area contributed by atoms with Crippen LogP contribution in [0.5, 0.6) is 5.75 Å². The van der Waals surface area contributed by atoms with Gasteiger partial charge >= 0.3 is 0 Å². The normalized spacial score (nSPS) is 15.6. The first kappa shape index (κ1) is 24.8.